The van der Waals surface area contributed by atoms with Gasteiger partial charge in [0.25, 0.3) is 0 Å². The van der Waals surface area contributed by atoms with Crippen molar-refractivity contribution < 1.29 is 4.79 Å². The molecule has 0 aliphatic carbocycles. The smallest absolute Gasteiger partial charge is 0.323 e. The minimum absolute atomic E-state index is 0.322. The van der Waals surface area contributed by atoms with Crippen LogP contribution in [-0.4, -0.2) is 29.9 Å². The van der Waals surface area contributed by atoms with Gasteiger partial charge >= 0.3 is 6.03 Å². The van der Waals surface area contributed by atoms with Gasteiger partial charge in [-0.1, -0.05) is 11.6 Å². The molecule has 7 heteroatoms. The predicted molar refractivity (Wildman–Crippen MR) is 95.8 cm³/mol. The predicted octanol–water partition coefficient (Wildman–Crippen LogP) is 3.88. The van der Waals surface area contributed by atoms with Crippen molar-refractivity contribution in [3.8, 4) is 0 Å². The third-order valence-electron chi connectivity index (χ3n) is 3.61. The lowest BCUT2D eigenvalue weighted by atomic mass is 10.2. The molecule has 2 amide bonds. The van der Waals surface area contributed by atoms with Gasteiger partial charge in [0.15, 0.2) is 0 Å². The fourth-order valence-corrected chi connectivity index (χ4v) is 2.62. The van der Waals surface area contributed by atoms with Crippen LogP contribution < -0.4 is 15.5 Å². The molecule has 0 atom stereocenters. The van der Waals surface area contributed by atoms with Crippen LogP contribution >= 0.6 is 11.6 Å². The number of amides is 2. The van der Waals surface area contributed by atoms with Crippen molar-refractivity contribution in [2.45, 2.75) is 27.3 Å². The van der Waals surface area contributed by atoms with Gasteiger partial charge in [-0.3, -0.25) is 4.68 Å². The van der Waals surface area contributed by atoms with E-state index >= 15 is 0 Å². The highest BCUT2D eigenvalue weighted by Gasteiger charge is 2.15. The first kappa shape index (κ1) is 17.1. The molecule has 2 rings (SSSR count). The molecule has 0 aliphatic heterocycles. The molecule has 1 aromatic heterocycles. The summed E-state index contributed by atoms with van der Waals surface area (Å²) in [6, 6.07) is 5.06. The van der Waals surface area contributed by atoms with Gasteiger partial charge in [-0.2, -0.15) is 5.10 Å². The Morgan fingerprint density at radius 2 is 2.00 bits per heavy atom. The van der Waals surface area contributed by atoms with E-state index in [1.54, 1.807) is 12.1 Å². The van der Waals surface area contributed by atoms with Crippen LogP contribution in [0.1, 0.15) is 18.3 Å². The van der Waals surface area contributed by atoms with Crippen LogP contribution in [0.2, 0.25) is 5.02 Å². The van der Waals surface area contributed by atoms with Crippen molar-refractivity contribution in [1.82, 2.24) is 9.78 Å². The fourth-order valence-electron chi connectivity index (χ4n) is 2.45. The molecule has 0 saturated carbocycles. The van der Waals surface area contributed by atoms with Gasteiger partial charge < -0.3 is 15.5 Å². The molecular weight excluding hydrogens is 314 g/mol. The molecule has 2 N–H and O–H groups in total. The van der Waals surface area contributed by atoms with E-state index in [2.05, 4.69) is 15.7 Å². The number of nitrogens with zero attached hydrogens (tertiary/aromatic N) is 3. The van der Waals surface area contributed by atoms with Crippen molar-refractivity contribution in [3.05, 3.63) is 34.6 Å². The largest absolute Gasteiger partial charge is 0.376 e. The summed E-state index contributed by atoms with van der Waals surface area (Å²) in [5, 5.41) is 10.7. The standard InChI is InChI=1S/C16H22ClN5O/c1-6-22-11(3)15(10(2)20-22)19-16(23)18-13-9-12(17)7-8-14(13)21(4)5/h7-9H,6H2,1-5H3,(H2,18,19,23). The van der Waals surface area contributed by atoms with Crippen LogP contribution in [0.3, 0.4) is 0 Å². The summed E-state index contributed by atoms with van der Waals surface area (Å²) < 4.78 is 1.86. The fraction of sp³-hybridized carbons (Fsp3) is 0.375. The minimum Gasteiger partial charge on any atom is -0.376 e. The lowest BCUT2D eigenvalue weighted by Crippen LogP contribution is -2.22. The summed E-state index contributed by atoms with van der Waals surface area (Å²) in [7, 11) is 3.82. The number of nitrogens with one attached hydrogen (secondary N) is 2. The minimum atomic E-state index is -0.322. The Labute approximate surface area is 141 Å². The molecule has 124 valence electrons. The van der Waals surface area contributed by atoms with E-state index in [9.17, 15) is 4.79 Å². The van der Waals surface area contributed by atoms with Gasteiger partial charge in [0.1, 0.15) is 0 Å². The first-order valence-corrected chi connectivity index (χ1v) is 7.80. The van der Waals surface area contributed by atoms with Crippen molar-refractivity contribution in [2.24, 2.45) is 0 Å². The van der Waals surface area contributed by atoms with E-state index in [0.29, 0.717) is 10.7 Å². The maximum absolute atomic E-state index is 12.3. The third kappa shape index (κ3) is 3.76. The van der Waals surface area contributed by atoms with Crippen LogP contribution in [0, 0.1) is 13.8 Å². The number of benzene rings is 1. The molecule has 0 aliphatic rings. The molecule has 6 nitrogen and oxygen atoms in total. The van der Waals surface area contributed by atoms with Gasteiger partial charge in [-0.05, 0) is 39.0 Å². The normalized spacial score (nSPS) is 10.5. The molecule has 0 radical (unpaired) electrons. The second-order valence-electron chi connectivity index (χ2n) is 5.50. The highest BCUT2D eigenvalue weighted by molar-refractivity contribution is 6.31. The Hall–Kier alpha value is -2.21. The number of halogens is 1. The summed E-state index contributed by atoms with van der Waals surface area (Å²) in [6.45, 7) is 6.58. The number of hydrogen-bond donors (Lipinski definition) is 2. The van der Waals surface area contributed by atoms with Crippen molar-refractivity contribution >= 4 is 34.7 Å². The Balaban J connectivity index is 2.21. The molecular formula is C16H22ClN5O. The molecule has 0 bridgehead atoms. The van der Waals surface area contributed by atoms with Gasteiger partial charge in [-0.25, -0.2) is 4.79 Å². The van der Waals surface area contributed by atoms with E-state index in [4.69, 9.17) is 11.6 Å². The Kier molecular flexibility index (Phi) is 5.15. The lowest BCUT2D eigenvalue weighted by molar-refractivity contribution is 0.262. The van der Waals surface area contributed by atoms with Crippen LogP contribution in [0.25, 0.3) is 0 Å². The molecule has 0 fully saturated rings. The van der Waals surface area contributed by atoms with Gasteiger partial charge in [0.05, 0.1) is 28.5 Å². The Bertz CT molecular complexity index is 724. The molecule has 0 spiro atoms. The van der Waals surface area contributed by atoms with E-state index in [-0.39, 0.29) is 6.03 Å². The van der Waals surface area contributed by atoms with Gasteiger partial charge in [-0.15, -0.1) is 0 Å². The second kappa shape index (κ2) is 6.91. The van der Waals surface area contributed by atoms with Gasteiger partial charge in [0, 0.05) is 25.7 Å². The third-order valence-corrected chi connectivity index (χ3v) is 3.84. The first-order chi connectivity index (χ1) is 10.8. The highest BCUT2D eigenvalue weighted by atomic mass is 35.5. The maximum atomic E-state index is 12.3. The summed E-state index contributed by atoms with van der Waals surface area (Å²) >= 11 is 6.03. The maximum Gasteiger partial charge on any atom is 0.323 e. The van der Waals surface area contributed by atoms with E-state index < -0.39 is 0 Å². The summed E-state index contributed by atoms with van der Waals surface area (Å²) in [4.78, 5) is 14.3. The zero-order chi connectivity index (χ0) is 17.1. The molecule has 2 aromatic rings. The molecule has 23 heavy (non-hydrogen) atoms. The molecule has 0 unspecified atom stereocenters. The molecule has 1 heterocycles. The van der Waals surface area contributed by atoms with Crippen molar-refractivity contribution in [3.63, 3.8) is 0 Å². The zero-order valence-electron chi connectivity index (χ0n) is 14.1. The molecule has 1 aromatic carbocycles. The topological polar surface area (TPSA) is 62.2 Å². The van der Waals surface area contributed by atoms with E-state index in [1.807, 2.05) is 50.5 Å². The van der Waals surface area contributed by atoms with Crippen LogP contribution in [0.5, 0.6) is 0 Å². The number of aromatic nitrogens is 2. The van der Waals surface area contributed by atoms with Crippen LogP contribution in [-0.2, 0) is 6.54 Å². The number of carbonyl (C=O) groups excluding carboxylic acids is 1. The van der Waals surface area contributed by atoms with Crippen LogP contribution in [0.4, 0.5) is 21.9 Å². The number of urea groups is 1. The Morgan fingerprint density at radius 1 is 1.30 bits per heavy atom. The summed E-state index contributed by atoms with van der Waals surface area (Å²) in [6.07, 6.45) is 0. The summed E-state index contributed by atoms with van der Waals surface area (Å²) in [5.74, 6) is 0. The van der Waals surface area contributed by atoms with Crippen molar-refractivity contribution in [2.75, 3.05) is 29.6 Å². The average Bonchev–Trinajstić information content (AvgIpc) is 2.74. The number of aryl methyl sites for hydroxylation is 2. The number of carbonyl (C=O) groups is 1. The SMILES string of the molecule is CCn1nc(C)c(NC(=O)Nc2cc(Cl)ccc2N(C)C)c1C. The average molecular weight is 336 g/mol. The summed E-state index contributed by atoms with van der Waals surface area (Å²) in [5.41, 5.74) is 3.98. The van der Waals surface area contributed by atoms with Gasteiger partial charge in [0.2, 0.25) is 0 Å². The number of hydrogen-bond acceptors (Lipinski definition) is 3. The first-order valence-electron chi connectivity index (χ1n) is 7.42. The highest BCUT2D eigenvalue weighted by Crippen LogP contribution is 2.28. The lowest BCUT2D eigenvalue weighted by Gasteiger charge is -2.18. The van der Waals surface area contributed by atoms with Crippen molar-refractivity contribution in [1.29, 1.82) is 0 Å². The Morgan fingerprint density at radius 3 is 2.57 bits per heavy atom. The number of anilines is 3. The van der Waals surface area contributed by atoms with E-state index in [1.165, 1.54) is 0 Å². The zero-order valence-corrected chi connectivity index (χ0v) is 14.8. The quantitative estimate of drug-likeness (QED) is 0.891. The van der Waals surface area contributed by atoms with Crippen LogP contribution in [0.15, 0.2) is 18.2 Å². The second-order valence-corrected chi connectivity index (χ2v) is 5.93. The monoisotopic (exact) mass is 335 g/mol. The number of rotatable bonds is 4. The molecule has 0 saturated heterocycles. The van der Waals surface area contributed by atoms with E-state index in [0.717, 1.165) is 29.3 Å².